The predicted octanol–water partition coefficient (Wildman–Crippen LogP) is 3.63. The third kappa shape index (κ3) is 5.33. The van der Waals surface area contributed by atoms with Crippen LogP contribution in [0.5, 0.6) is 0 Å². The van der Waals surface area contributed by atoms with Gasteiger partial charge in [0.2, 0.25) is 0 Å². The van der Waals surface area contributed by atoms with Crippen molar-refractivity contribution in [3.05, 3.63) is 46.5 Å². The van der Waals surface area contributed by atoms with Crippen molar-refractivity contribution in [1.82, 2.24) is 15.2 Å². The lowest BCUT2D eigenvalue weighted by atomic mass is 10.1. The zero-order valence-corrected chi connectivity index (χ0v) is 16.6. The molecule has 2 aromatic rings. The molecule has 1 fully saturated rings. The minimum Gasteiger partial charge on any atom is -0.351 e. The van der Waals surface area contributed by atoms with E-state index in [2.05, 4.69) is 27.6 Å². The first kappa shape index (κ1) is 21.3. The fourth-order valence-corrected chi connectivity index (χ4v) is 4.00. The summed E-state index contributed by atoms with van der Waals surface area (Å²) < 4.78 is 39.2. The van der Waals surface area contributed by atoms with Gasteiger partial charge in [-0.3, -0.25) is 14.9 Å². The molecular formula is C19H21F3N4O2S. The van der Waals surface area contributed by atoms with Gasteiger partial charge in [-0.05, 0) is 45.0 Å². The van der Waals surface area contributed by atoms with Crippen LogP contribution in [0.2, 0.25) is 0 Å². The molecule has 1 atom stereocenters. The first-order valence-electron chi connectivity index (χ1n) is 9.17. The van der Waals surface area contributed by atoms with Gasteiger partial charge in [0, 0.05) is 18.0 Å². The van der Waals surface area contributed by atoms with Crippen molar-refractivity contribution in [2.75, 3.05) is 25.5 Å². The Labute approximate surface area is 170 Å². The molecule has 10 heteroatoms. The summed E-state index contributed by atoms with van der Waals surface area (Å²) in [5.41, 5.74) is -1.40. The van der Waals surface area contributed by atoms with Crippen LogP contribution in [-0.2, 0) is 6.18 Å². The number of nitrogens with zero attached hydrogens (tertiary/aromatic N) is 2. The minimum absolute atomic E-state index is 0.0626. The molecule has 1 aromatic heterocycles. The molecule has 2 heterocycles. The zero-order chi connectivity index (χ0) is 21.0. The van der Waals surface area contributed by atoms with Gasteiger partial charge in [0.1, 0.15) is 5.69 Å². The average Bonchev–Trinajstić information content (AvgIpc) is 3.30. The van der Waals surface area contributed by atoms with Crippen LogP contribution in [0.25, 0.3) is 0 Å². The van der Waals surface area contributed by atoms with E-state index in [9.17, 15) is 22.8 Å². The maximum absolute atomic E-state index is 13.1. The van der Waals surface area contributed by atoms with Gasteiger partial charge in [-0.2, -0.15) is 13.2 Å². The number of alkyl halides is 3. The molecular weight excluding hydrogens is 405 g/mol. The second kappa shape index (κ2) is 8.91. The van der Waals surface area contributed by atoms with Crippen molar-refractivity contribution in [2.24, 2.45) is 0 Å². The Morgan fingerprint density at radius 1 is 1.28 bits per heavy atom. The second-order valence-corrected chi connectivity index (χ2v) is 7.71. The molecule has 0 saturated carbocycles. The molecule has 1 saturated heterocycles. The summed E-state index contributed by atoms with van der Waals surface area (Å²) in [6.45, 7) is 1.57. The molecule has 1 aromatic carbocycles. The number of hydrogen-bond acceptors (Lipinski definition) is 5. The quantitative estimate of drug-likeness (QED) is 0.740. The van der Waals surface area contributed by atoms with Gasteiger partial charge in [0.05, 0.1) is 11.1 Å². The Hall–Kier alpha value is -2.46. The highest BCUT2D eigenvalue weighted by Crippen LogP contribution is 2.32. The van der Waals surface area contributed by atoms with Gasteiger partial charge in [0.25, 0.3) is 11.8 Å². The highest BCUT2D eigenvalue weighted by Gasteiger charge is 2.35. The lowest BCUT2D eigenvalue weighted by Gasteiger charge is -2.19. The molecule has 1 aliphatic heterocycles. The summed E-state index contributed by atoms with van der Waals surface area (Å²) in [6, 6.07) is 4.97. The van der Waals surface area contributed by atoms with Crippen LogP contribution < -0.4 is 10.6 Å². The third-order valence-electron chi connectivity index (χ3n) is 4.87. The fourth-order valence-electron chi connectivity index (χ4n) is 3.32. The lowest BCUT2D eigenvalue weighted by Crippen LogP contribution is -2.31. The van der Waals surface area contributed by atoms with Crippen LogP contribution in [0, 0.1) is 0 Å². The largest absolute Gasteiger partial charge is 0.417 e. The van der Waals surface area contributed by atoms with Crippen molar-refractivity contribution >= 4 is 28.3 Å². The highest BCUT2D eigenvalue weighted by molar-refractivity contribution is 7.14. The number of aromatic nitrogens is 1. The van der Waals surface area contributed by atoms with Crippen LogP contribution in [0.4, 0.5) is 18.3 Å². The van der Waals surface area contributed by atoms with E-state index in [1.54, 1.807) is 0 Å². The number of anilines is 1. The van der Waals surface area contributed by atoms with Gasteiger partial charge in [-0.25, -0.2) is 4.98 Å². The van der Waals surface area contributed by atoms with Gasteiger partial charge < -0.3 is 10.2 Å². The first-order valence-corrected chi connectivity index (χ1v) is 10.0. The summed E-state index contributed by atoms with van der Waals surface area (Å²) in [6.07, 6.45) is -1.54. The normalized spacial score (nSPS) is 17.3. The van der Waals surface area contributed by atoms with E-state index in [4.69, 9.17) is 0 Å². The number of nitrogens with one attached hydrogen (secondary N) is 2. The molecule has 0 radical (unpaired) electrons. The Bertz CT molecular complexity index is 884. The van der Waals surface area contributed by atoms with E-state index in [0.29, 0.717) is 12.6 Å². The third-order valence-corrected chi connectivity index (χ3v) is 5.63. The number of carbonyl (C=O) groups is 2. The van der Waals surface area contributed by atoms with Gasteiger partial charge in [0.15, 0.2) is 5.13 Å². The monoisotopic (exact) mass is 426 g/mol. The standard InChI is InChI=1S/C19H21F3N4O2S/c1-26-10-4-5-12(26)8-9-23-17(28)15-11-29-18(24-15)25-16(27)13-6-2-3-7-14(13)19(20,21)22/h2-3,6-7,11-12H,4-5,8-10H2,1H3,(H,23,28)(H,24,25,27). The number of rotatable bonds is 6. The molecule has 0 bridgehead atoms. The second-order valence-electron chi connectivity index (χ2n) is 6.86. The van der Waals surface area contributed by atoms with E-state index < -0.39 is 23.2 Å². The molecule has 29 heavy (non-hydrogen) atoms. The lowest BCUT2D eigenvalue weighted by molar-refractivity contribution is -0.137. The number of halogens is 3. The zero-order valence-electron chi connectivity index (χ0n) is 15.8. The molecule has 0 aliphatic carbocycles. The summed E-state index contributed by atoms with van der Waals surface area (Å²) in [4.78, 5) is 30.8. The first-order chi connectivity index (χ1) is 13.8. The number of thiazole rings is 1. The van der Waals surface area contributed by atoms with E-state index in [-0.39, 0.29) is 16.7 Å². The fraction of sp³-hybridized carbons (Fsp3) is 0.421. The average molecular weight is 426 g/mol. The maximum atomic E-state index is 13.1. The Morgan fingerprint density at radius 3 is 2.72 bits per heavy atom. The van der Waals surface area contributed by atoms with E-state index in [0.717, 1.165) is 49.3 Å². The molecule has 156 valence electrons. The smallest absolute Gasteiger partial charge is 0.351 e. The van der Waals surface area contributed by atoms with Crippen molar-refractivity contribution < 1.29 is 22.8 Å². The molecule has 3 rings (SSSR count). The van der Waals surface area contributed by atoms with Crippen molar-refractivity contribution in [1.29, 1.82) is 0 Å². The molecule has 1 unspecified atom stereocenters. The molecule has 1 aliphatic rings. The van der Waals surface area contributed by atoms with Crippen molar-refractivity contribution in [2.45, 2.75) is 31.5 Å². The molecule has 2 N–H and O–H groups in total. The van der Waals surface area contributed by atoms with E-state index in [1.165, 1.54) is 17.5 Å². The molecule has 2 amide bonds. The number of likely N-dealkylation sites (tertiary alicyclic amines) is 1. The van der Waals surface area contributed by atoms with Gasteiger partial charge in [-0.1, -0.05) is 12.1 Å². The summed E-state index contributed by atoms with van der Waals surface area (Å²) in [5, 5.41) is 6.65. The topological polar surface area (TPSA) is 74.3 Å². The maximum Gasteiger partial charge on any atom is 0.417 e. The van der Waals surface area contributed by atoms with Crippen LogP contribution in [0.3, 0.4) is 0 Å². The number of amides is 2. The molecule has 6 nitrogen and oxygen atoms in total. The van der Waals surface area contributed by atoms with Gasteiger partial charge in [-0.15, -0.1) is 11.3 Å². The Balaban J connectivity index is 1.57. The molecule has 0 spiro atoms. The van der Waals surface area contributed by atoms with E-state index in [1.807, 2.05) is 0 Å². The summed E-state index contributed by atoms with van der Waals surface area (Å²) >= 11 is 0.980. The van der Waals surface area contributed by atoms with Crippen LogP contribution in [0.1, 0.15) is 45.7 Å². The minimum atomic E-state index is -4.64. The number of carbonyl (C=O) groups excluding carboxylic acids is 2. The van der Waals surface area contributed by atoms with Crippen molar-refractivity contribution in [3.8, 4) is 0 Å². The van der Waals surface area contributed by atoms with E-state index >= 15 is 0 Å². The number of hydrogen-bond donors (Lipinski definition) is 2. The highest BCUT2D eigenvalue weighted by atomic mass is 32.1. The summed E-state index contributed by atoms with van der Waals surface area (Å²) in [7, 11) is 2.06. The van der Waals surface area contributed by atoms with Crippen LogP contribution in [-0.4, -0.2) is 47.9 Å². The number of benzene rings is 1. The van der Waals surface area contributed by atoms with Crippen LogP contribution >= 0.6 is 11.3 Å². The summed E-state index contributed by atoms with van der Waals surface area (Å²) in [5.74, 6) is -1.30. The Morgan fingerprint density at radius 2 is 2.03 bits per heavy atom. The SMILES string of the molecule is CN1CCCC1CCNC(=O)c1csc(NC(=O)c2ccccc2C(F)(F)F)n1. The van der Waals surface area contributed by atoms with Crippen molar-refractivity contribution in [3.63, 3.8) is 0 Å². The Kier molecular flexibility index (Phi) is 6.53. The van der Waals surface area contributed by atoms with Gasteiger partial charge >= 0.3 is 6.18 Å². The predicted molar refractivity (Wildman–Crippen MR) is 104 cm³/mol. The van der Waals surface area contributed by atoms with Crippen LogP contribution in [0.15, 0.2) is 29.6 Å².